The molecule has 0 unspecified atom stereocenters. The standard InChI is InChI=1S/C28H32FN5O2S2/c1-5-10-33-25(32-13-11-31(12-14-32)23-9-7-6-8-22(23)29)20(19(4)21(16-30)26(33)35)15-24-27(36)34(17-18(2)3)28(37)38-24/h6-9,15,18H,5,10-14,17H2,1-4H3/b24-15+. The van der Waals surface area contributed by atoms with Gasteiger partial charge in [0.15, 0.2) is 0 Å². The Kier molecular flexibility index (Phi) is 8.58. The van der Waals surface area contributed by atoms with Crippen LogP contribution in [0.5, 0.6) is 0 Å². The predicted octanol–water partition coefficient (Wildman–Crippen LogP) is 4.76. The van der Waals surface area contributed by atoms with Gasteiger partial charge >= 0.3 is 0 Å². The van der Waals surface area contributed by atoms with E-state index in [1.165, 1.54) is 17.8 Å². The lowest BCUT2D eigenvalue weighted by Crippen LogP contribution is -2.49. The van der Waals surface area contributed by atoms with Crippen LogP contribution < -0.4 is 15.4 Å². The van der Waals surface area contributed by atoms with Crippen molar-refractivity contribution in [1.29, 1.82) is 5.26 Å². The van der Waals surface area contributed by atoms with Gasteiger partial charge in [0.1, 0.15) is 27.6 Å². The van der Waals surface area contributed by atoms with E-state index in [9.17, 15) is 19.2 Å². The van der Waals surface area contributed by atoms with E-state index < -0.39 is 0 Å². The van der Waals surface area contributed by atoms with Gasteiger partial charge in [0.2, 0.25) is 0 Å². The molecule has 0 N–H and O–H groups in total. The lowest BCUT2D eigenvalue weighted by molar-refractivity contribution is -0.122. The zero-order chi connectivity index (χ0) is 27.6. The number of piperazine rings is 1. The molecule has 0 atom stereocenters. The Balaban J connectivity index is 1.79. The first kappa shape index (κ1) is 27.9. The van der Waals surface area contributed by atoms with Crippen molar-refractivity contribution < 1.29 is 9.18 Å². The first-order valence-electron chi connectivity index (χ1n) is 12.8. The molecular formula is C28H32FN5O2S2. The number of thioether (sulfide) groups is 1. The third-order valence-corrected chi connectivity index (χ3v) is 8.14. The molecule has 200 valence electrons. The second kappa shape index (κ2) is 11.7. The number of pyridine rings is 1. The molecule has 2 saturated heterocycles. The maximum Gasteiger partial charge on any atom is 0.270 e. The Labute approximate surface area is 232 Å². The van der Waals surface area contributed by atoms with E-state index >= 15 is 0 Å². The highest BCUT2D eigenvalue weighted by molar-refractivity contribution is 8.26. The van der Waals surface area contributed by atoms with Crippen LogP contribution in [-0.2, 0) is 11.3 Å². The summed E-state index contributed by atoms with van der Waals surface area (Å²) in [5.41, 5.74) is 1.53. The molecule has 0 aliphatic carbocycles. The molecule has 1 aromatic heterocycles. The molecule has 3 heterocycles. The third-order valence-electron chi connectivity index (χ3n) is 6.76. The van der Waals surface area contributed by atoms with Crippen LogP contribution in [0.25, 0.3) is 6.08 Å². The van der Waals surface area contributed by atoms with Gasteiger partial charge < -0.3 is 9.80 Å². The summed E-state index contributed by atoms with van der Waals surface area (Å²) in [6.45, 7) is 11.0. The van der Waals surface area contributed by atoms with Gasteiger partial charge in [-0.05, 0) is 43.0 Å². The predicted molar refractivity (Wildman–Crippen MR) is 156 cm³/mol. The average Bonchev–Trinajstić information content (AvgIpc) is 3.15. The molecule has 0 spiro atoms. The summed E-state index contributed by atoms with van der Waals surface area (Å²) >= 11 is 6.75. The van der Waals surface area contributed by atoms with Crippen LogP contribution >= 0.6 is 24.0 Å². The number of nitriles is 1. The molecule has 0 saturated carbocycles. The van der Waals surface area contributed by atoms with Crippen LogP contribution in [-0.4, -0.2) is 52.4 Å². The zero-order valence-electron chi connectivity index (χ0n) is 22.2. The molecule has 0 radical (unpaired) electrons. The number of carbonyl (C=O) groups is 1. The van der Waals surface area contributed by atoms with Crippen molar-refractivity contribution >= 4 is 51.8 Å². The van der Waals surface area contributed by atoms with E-state index in [2.05, 4.69) is 11.0 Å². The first-order chi connectivity index (χ1) is 18.2. The normalized spacial score (nSPS) is 17.2. The second-order valence-electron chi connectivity index (χ2n) is 9.92. The topological polar surface area (TPSA) is 72.6 Å². The van der Waals surface area contributed by atoms with Gasteiger partial charge in [0.25, 0.3) is 11.5 Å². The van der Waals surface area contributed by atoms with E-state index in [0.29, 0.717) is 77.5 Å². The van der Waals surface area contributed by atoms with Gasteiger partial charge in [-0.1, -0.05) is 56.9 Å². The number of hydrogen-bond donors (Lipinski definition) is 0. The van der Waals surface area contributed by atoms with Gasteiger partial charge in [-0.15, -0.1) is 0 Å². The molecule has 2 fully saturated rings. The van der Waals surface area contributed by atoms with Crippen molar-refractivity contribution in [2.24, 2.45) is 5.92 Å². The average molecular weight is 554 g/mol. The molecule has 2 aromatic rings. The summed E-state index contributed by atoms with van der Waals surface area (Å²) < 4.78 is 16.6. The maximum atomic E-state index is 14.4. The number of halogens is 1. The molecule has 1 amide bonds. The van der Waals surface area contributed by atoms with E-state index in [-0.39, 0.29) is 28.8 Å². The summed E-state index contributed by atoms with van der Waals surface area (Å²) in [4.78, 5) is 32.9. The van der Waals surface area contributed by atoms with Crippen molar-refractivity contribution in [2.75, 3.05) is 42.5 Å². The summed E-state index contributed by atoms with van der Waals surface area (Å²) in [5.74, 6) is 0.532. The number of anilines is 2. The number of rotatable bonds is 7. The van der Waals surface area contributed by atoms with E-state index in [4.69, 9.17) is 12.2 Å². The molecule has 1 aromatic carbocycles. The van der Waals surface area contributed by atoms with Crippen molar-refractivity contribution in [3.63, 3.8) is 0 Å². The monoisotopic (exact) mass is 553 g/mol. The second-order valence-corrected chi connectivity index (χ2v) is 11.6. The van der Waals surface area contributed by atoms with Crippen molar-refractivity contribution in [3.8, 4) is 6.07 Å². The van der Waals surface area contributed by atoms with Crippen LogP contribution in [0.3, 0.4) is 0 Å². The quantitative estimate of drug-likeness (QED) is 0.362. The van der Waals surface area contributed by atoms with Crippen LogP contribution in [0.2, 0.25) is 0 Å². The lowest BCUT2D eigenvalue weighted by atomic mass is 10.0. The molecular weight excluding hydrogens is 521 g/mol. The van der Waals surface area contributed by atoms with E-state index in [1.807, 2.05) is 31.7 Å². The fourth-order valence-electron chi connectivity index (χ4n) is 4.94. The van der Waals surface area contributed by atoms with Crippen LogP contribution in [0.4, 0.5) is 15.9 Å². The van der Waals surface area contributed by atoms with Gasteiger partial charge in [0, 0.05) is 44.8 Å². The Morgan fingerprint density at radius 1 is 1.16 bits per heavy atom. The number of carbonyl (C=O) groups excluding carboxylic acids is 1. The molecule has 2 aliphatic heterocycles. The SMILES string of the molecule is CCCn1c(N2CCN(c3ccccc3F)CC2)c(/C=C2/SC(=S)N(CC(C)C)C2=O)c(C)c(C#N)c1=O. The Morgan fingerprint density at radius 2 is 1.82 bits per heavy atom. The van der Waals surface area contributed by atoms with Crippen LogP contribution in [0.1, 0.15) is 43.9 Å². The largest absolute Gasteiger partial charge is 0.366 e. The third kappa shape index (κ3) is 5.36. The smallest absolute Gasteiger partial charge is 0.270 e. The van der Waals surface area contributed by atoms with Crippen LogP contribution in [0, 0.1) is 30.0 Å². The maximum absolute atomic E-state index is 14.4. The first-order valence-corrected chi connectivity index (χ1v) is 14.1. The molecule has 0 bridgehead atoms. The summed E-state index contributed by atoms with van der Waals surface area (Å²) in [6, 6.07) is 8.81. The van der Waals surface area contributed by atoms with Crippen molar-refractivity contribution in [1.82, 2.24) is 9.47 Å². The molecule has 38 heavy (non-hydrogen) atoms. The van der Waals surface area contributed by atoms with Crippen LogP contribution in [0.15, 0.2) is 34.0 Å². The Bertz CT molecular complexity index is 1390. The van der Waals surface area contributed by atoms with Gasteiger partial charge in [0.05, 0.1) is 10.6 Å². The number of nitrogens with zero attached hydrogens (tertiary/aromatic N) is 5. The number of benzene rings is 1. The molecule has 10 heteroatoms. The summed E-state index contributed by atoms with van der Waals surface area (Å²) in [5, 5.41) is 9.86. The highest BCUT2D eigenvalue weighted by atomic mass is 32.2. The highest BCUT2D eigenvalue weighted by Crippen LogP contribution is 2.36. The number of amides is 1. The van der Waals surface area contributed by atoms with Gasteiger partial charge in [-0.3, -0.25) is 19.1 Å². The Hall–Kier alpha value is -3.16. The van der Waals surface area contributed by atoms with Crippen molar-refractivity contribution in [3.05, 3.63) is 62.0 Å². The van der Waals surface area contributed by atoms with Gasteiger partial charge in [-0.2, -0.15) is 5.26 Å². The molecule has 4 rings (SSSR count). The lowest BCUT2D eigenvalue weighted by Gasteiger charge is -2.39. The number of para-hydroxylation sites is 1. The molecule has 2 aliphatic rings. The Morgan fingerprint density at radius 3 is 2.42 bits per heavy atom. The minimum Gasteiger partial charge on any atom is -0.366 e. The fraction of sp³-hybridized carbons (Fsp3) is 0.429. The summed E-state index contributed by atoms with van der Waals surface area (Å²) in [6.07, 6.45) is 2.49. The number of hydrogen-bond acceptors (Lipinski definition) is 7. The number of aromatic nitrogens is 1. The van der Waals surface area contributed by atoms with E-state index in [1.54, 1.807) is 34.6 Å². The number of thiocarbonyl (C=S) groups is 1. The fourth-order valence-corrected chi connectivity index (χ4v) is 6.19. The highest BCUT2D eigenvalue weighted by Gasteiger charge is 2.34. The minimum absolute atomic E-state index is 0.0797. The zero-order valence-corrected chi connectivity index (χ0v) is 23.8. The minimum atomic E-state index is -0.331. The van der Waals surface area contributed by atoms with Crippen molar-refractivity contribution in [2.45, 2.75) is 40.7 Å². The summed E-state index contributed by atoms with van der Waals surface area (Å²) in [7, 11) is 0. The van der Waals surface area contributed by atoms with E-state index in [0.717, 1.165) is 0 Å². The van der Waals surface area contributed by atoms with Gasteiger partial charge in [-0.25, -0.2) is 4.39 Å². The molecule has 7 nitrogen and oxygen atoms in total.